The summed E-state index contributed by atoms with van der Waals surface area (Å²) in [5, 5.41) is -0.0495. The van der Waals surface area contributed by atoms with Crippen LogP contribution in [0, 0.1) is 0 Å². The summed E-state index contributed by atoms with van der Waals surface area (Å²) in [6.45, 7) is 0. The highest BCUT2D eigenvalue weighted by atomic mass is 35.5. The van der Waals surface area contributed by atoms with Crippen molar-refractivity contribution in [3.05, 3.63) is 50.2 Å². The molecule has 0 unspecified atom stereocenters. The molecule has 0 bridgehead atoms. The molecule has 2 aromatic carbocycles. The van der Waals surface area contributed by atoms with Gasteiger partial charge < -0.3 is 0 Å². The molecule has 0 aliphatic carbocycles. The summed E-state index contributed by atoms with van der Waals surface area (Å²) in [5.74, 6) is 0. The third-order valence-electron chi connectivity index (χ3n) is 2.67. The summed E-state index contributed by atoms with van der Waals surface area (Å²) in [7, 11) is 0. The van der Waals surface area contributed by atoms with E-state index in [1.54, 1.807) is 0 Å². The summed E-state index contributed by atoms with van der Waals surface area (Å²) in [6, 6.07) is 0. The largest absolute Gasteiger partial charge is 0.0819 e. The molecule has 10 heteroatoms. The predicted molar refractivity (Wildman–Crippen MR) is 102 cm³/mol. The second-order valence-corrected chi connectivity index (χ2v) is 7.67. The summed E-state index contributed by atoms with van der Waals surface area (Å²) < 4.78 is 0. The van der Waals surface area contributed by atoms with Crippen molar-refractivity contribution in [1.82, 2.24) is 0 Å². The van der Waals surface area contributed by atoms with Crippen LogP contribution in [-0.2, 0) is 0 Å². The number of hydrogen-bond acceptors (Lipinski definition) is 0. The van der Waals surface area contributed by atoms with E-state index in [1.165, 1.54) is 0 Å². The van der Waals surface area contributed by atoms with Gasteiger partial charge in [-0.05, 0) is 0 Å². The minimum absolute atomic E-state index is 0.000450. The monoisotopic (exact) mass is 502 g/mol. The zero-order valence-corrected chi connectivity index (χ0v) is 17.3. The predicted octanol–water partition coefficient (Wildman–Crippen LogP) is 9.89. The van der Waals surface area contributed by atoms with Crippen molar-refractivity contribution in [2.24, 2.45) is 0 Å². The lowest BCUT2D eigenvalue weighted by molar-refractivity contribution is 1.60. The average molecular weight is 507 g/mol. The normalized spacial score (nSPS) is 11.2. The maximum Gasteiger partial charge on any atom is 0.0809 e. The van der Waals surface area contributed by atoms with Crippen LogP contribution in [0.2, 0.25) is 50.2 Å². The van der Waals surface area contributed by atoms with Crippen molar-refractivity contribution in [2.75, 3.05) is 0 Å². The molecule has 2 aromatic rings. The number of hydrogen-bond donors (Lipinski definition) is 0. The van der Waals surface area contributed by atoms with Gasteiger partial charge in [0.05, 0.1) is 50.2 Å². The Hall–Kier alpha value is 1.34. The summed E-state index contributed by atoms with van der Waals surface area (Å²) in [4.78, 5) is 0. The quantitative estimate of drug-likeness (QED) is 0.267. The van der Waals surface area contributed by atoms with Gasteiger partial charge in [0.1, 0.15) is 0 Å². The standard InChI is InChI=1S/C12Cl10/c13-3-1(4(14)8(18)11(21)7(3)17)2-5(15)9(19)12(22)10(20)6(2)16/i1+1,2+1,3+1,4+1,5+1,7+1,8+1,11+1. The van der Waals surface area contributed by atoms with Crippen molar-refractivity contribution in [3.63, 3.8) is 0 Å². The lowest BCUT2D eigenvalue weighted by Gasteiger charge is -2.17. The smallest absolute Gasteiger partial charge is 0.0809 e. The molecular weight excluding hydrogens is 507 g/mol. The van der Waals surface area contributed by atoms with Crippen molar-refractivity contribution in [3.8, 4) is 11.1 Å². The van der Waals surface area contributed by atoms with E-state index in [2.05, 4.69) is 0 Å². The Morgan fingerprint density at radius 3 is 0.545 bits per heavy atom. The van der Waals surface area contributed by atoms with Gasteiger partial charge in [0.25, 0.3) is 0 Å². The van der Waals surface area contributed by atoms with E-state index >= 15 is 0 Å². The van der Waals surface area contributed by atoms with Crippen LogP contribution in [-0.4, -0.2) is 0 Å². The molecule has 0 saturated heterocycles. The Kier molecular flexibility index (Phi) is 6.52. The SMILES string of the molecule is Clc1c(Cl)c(Cl)[13c](-[13c]2[13c](Cl)[13c](Cl)[13c](Cl)[13c](Cl)[13c]2Cl)[13c](Cl)c1Cl. The van der Waals surface area contributed by atoms with Crippen LogP contribution in [0.25, 0.3) is 11.1 Å². The van der Waals surface area contributed by atoms with Crippen molar-refractivity contribution < 1.29 is 0 Å². The van der Waals surface area contributed by atoms with E-state index in [-0.39, 0.29) is 61.4 Å². The van der Waals surface area contributed by atoms with Crippen LogP contribution < -0.4 is 0 Å². The van der Waals surface area contributed by atoms with Crippen LogP contribution in [0.5, 0.6) is 0 Å². The Balaban J connectivity index is 3.03. The van der Waals surface area contributed by atoms with Crippen LogP contribution in [0.3, 0.4) is 0 Å². The molecule has 2 rings (SSSR count). The molecule has 0 aliphatic rings. The first-order valence-corrected chi connectivity index (χ1v) is 8.92. The lowest BCUT2D eigenvalue weighted by Crippen LogP contribution is -1.91. The van der Waals surface area contributed by atoms with Gasteiger partial charge >= 0.3 is 0 Å². The number of benzene rings is 2. The van der Waals surface area contributed by atoms with Gasteiger partial charge in [-0.2, -0.15) is 0 Å². The van der Waals surface area contributed by atoms with Crippen molar-refractivity contribution in [1.29, 1.82) is 0 Å². The fourth-order valence-corrected chi connectivity index (χ4v) is 4.30. The highest BCUT2D eigenvalue weighted by Crippen LogP contribution is 2.55. The van der Waals surface area contributed by atoms with Gasteiger partial charge in [0.2, 0.25) is 0 Å². The maximum absolute atomic E-state index is 6.20. The first-order chi connectivity index (χ1) is 10.1. The topological polar surface area (TPSA) is 0 Å². The minimum Gasteiger partial charge on any atom is -0.0819 e. The van der Waals surface area contributed by atoms with E-state index in [0.717, 1.165) is 0 Å². The fourth-order valence-electron chi connectivity index (χ4n) is 1.65. The molecule has 0 N–H and O–H groups in total. The van der Waals surface area contributed by atoms with Gasteiger partial charge in [0.15, 0.2) is 0 Å². The molecule has 118 valence electrons. The van der Waals surface area contributed by atoms with E-state index in [4.69, 9.17) is 116 Å². The number of rotatable bonds is 1. The summed E-state index contributed by atoms with van der Waals surface area (Å²) in [6.07, 6.45) is 0. The lowest BCUT2D eigenvalue weighted by atomic mass is 10.5. The zero-order chi connectivity index (χ0) is 16.9. The highest BCUT2D eigenvalue weighted by molar-refractivity contribution is 6.59. The molecule has 0 heterocycles. The molecule has 22 heavy (non-hydrogen) atoms. The van der Waals surface area contributed by atoms with Gasteiger partial charge in [-0.25, -0.2) is 0 Å². The van der Waals surface area contributed by atoms with Gasteiger partial charge in [-0.15, -0.1) is 0 Å². The Labute approximate surface area is 176 Å². The molecule has 0 radical (unpaired) electrons. The van der Waals surface area contributed by atoms with Crippen molar-refractivity contribution in [2.45, 2.75) is 0 Å². The number of halogens is 10. The fraction of sp³-hybridized carbons (Fsp3) is 0. The van der Waals surface area contributed by atoms with Crippen LogP contribution >= 0.6 is 116 Å². The summed E-state index contributed by atoms with van der Waals surface area (Å²) in [5.41, 5.74) is 0.302. The second-order valence-electron chi connectivity index (χ2n) is 3.89. The molecule has 0 aliphatic heterocycles. The third kappa shape index (κ3) is 3.10. The first-order valence-electron chi connectivity index (χ1n) is 5.14. The van der Waals surface area contributed by atoms with Gasteiger partial charge in [-0.1, -0.05) is 116 Å². The minimum atomic E-state index is -0.0120. The van der Waals surface area contributed by atoms with E-state index in [9.17, 15) is 0 Å². The molecule has 0 amide bonds. The van der Waals surface area contributed by atoms with Crippen LogP contribution in [0.15, 0.2) is 0 Å². The van der Waals surface area contributed by atoms with Crippen LogP contribution in [0.1, 0.15) is 0 Å². The molecule has 0 saturated carbocycles. The molecule has 0 spiro atoms. The maximum atomic E-state index is 6.20. The zero-order valence-electron chi connectivity index (χ0n) is 9.78. The average Bonchev–Trinajstić information content (AvgIpc) is 2.50. The molecule has 0 atom stereocenters. The third-order valence-corrected chi connectivity index (χ3v) is 7.22. The first kappa shape index (κ1) is 19.7. The Morgan fingerprint density at radius 1 is 0.227 bits per heavy atom. The summed E-state index contributed by atoms with van der Waals surface area (Å²) >= 11 is 60.9. The van der Waals surface area contributed by atoms with E-state index in [1.807, 2.05) is 0 Å². The van der Waals surface area contributed by atoms with Gasteiger partial charge in [0, 0.05) is 11.1 Å². The van der Waals surface area contributed by atoms with Crippen LogP contribution in [0.4, 0.5) is 0 Å². The molecule has 0 nitrogen and oxygen atoms in total. The van der Waals surface area contributed by atoms with Gasteiger partial charge in [-0.3, -0.25) is 0 Å². The molecular formula is C12Cl10. The van der Waals surface area contributed by atoms with E-state index in [0.29, 0.717) is 0 Å². The second kappa shape index (κ2) is 7.30. The Bertz CT molecular complexity index is 670. The molecule has 0 aromatic heterocycles. The molecule has 0 fully saturated rings. The van der Waals surface area contributed by atoms with E-state index < -0.39 is 0 Å². The van der Waals surface area contributed by atoms with Crippen molar-refractivity contribution >= 4 is 116 Å². The Morgan fingerprint density at radius 2 is 0.364 bits per heavy atom. The highest BCUT2D eigenvalue weighted by Gasteiger charge is 2.27.